The zero-order valence-electron chi connectivity index (χ0n) is 10.2. The molecule has 0 aliphatic carbocycles. The Bertz CT molecular complexity index is 419. The number of ether oxygens (including phenoxy) is 2. The number of carbonyl (C=O) groups is 2. The van der Waals surface area contributed by atoms with E-state index in [-0.39, 0.29) is 24.2 Å². The lowest BCUT2D eigenvalue weighted by molar-refractivity contribution is -0.148. The van der Waals surface area contributed by atoms with Crippen molar-refractivity contribution >= 4 is 11.9 Å². The van der Waals surface area contributed by atoms with E-state index in [4.69, 9.17) is 14.7 Å². The van der Waals surface area contributed by atoms with Crippen LogP contribution in [-0.2, 0) is 19.1 Å². The molecule has 0 aromatic heterocycles. The summed E-state index contributed by atoms with van der Waals surface area (Å²) in [5.41, 5.74) is -0.535. The molecule has 17 heavy (non-hydrogen) atoms. The fraction of sp³-hybridized carbons (Fsp3) is 0.583. The van der Waals surface area contributed by atoms with Crippen molar-refractivity contribution < 1.29 is 19.1 Å². The van der Waals surface area contributed by atoms with Crippen molar-refractivity contribution in [2.75, 3.05) is 6.61 Å². The van der Waals surface area contributed by atoms with Crippen LogP contribution in [0.5, 0.6) is 0 Å². The van der Waals surface area contributed by atoms with Crippen LogP contribution in [0.1, 0.15) is 33.6 Å². The third kappa shape index (κ3) is 2.47. The molecule has 0 amide bonds. The quantitative estimate of drug-likeness (QED) is 0.692. The summed E-state index contributed by atoms with van der Waals surface area (Å²) in [5.74, 6) is -1.07. The van der Waals surface area contributed by atoms with Gasteiger partial charge in [0.15, 0.2) is 0 Å². The molecule has 1 heterocycles. The van der Waals surface area contributed by atoms with Gasteiger partial charge in [-0.15, -0.1) is 0 Å². The minimum atomic E-state index is -1.04. The average molecular weight is 237 g/mol. The monoisotopic (exact) mass is 237 g/mol. The Hall–Kier alpha value is -1.83. The second-order valence-corrected chi connectivity index (χ2v) is 4.00. The summed E-state index contributed by atoms with van der Waals surface area (Å²) >= 11 is 0. The maximum absolute atomic E-state index is 11.8. The van der Waals surface area contributed by atoms with Gasteiger partial charge in [0.05, 0.1) is 18.2 Å². The van der Waals surface area contributed by atoms with Gasteiger partial charge in [0.1, 0.15) is 5.60 Å². The van der Waals surface area contributed by atoms with Crippen LogP contribution in [0.15, 0.2) is 11.1 Å². The van der Waals surface area contributed by atoms with E-state index in [1.165, 1.54) is 6.92 Å². The maximum Gasteiger partial charge on any atom is 0.338 e. The van der Waals surface area contributed by atoms with E-state index >= 15 is 0 Å². The van der Waals surface area contributed by atoms with Gasteiger partial charge in [0.2, 0.25) is 0 Å². The SMILES string of the molecule is CCOC(=O)C1=C(C)C(=O)OC1(C)CCC#N. The Morgan fingerprint density at radius 2 is 2.24 bits per heavy atom. The van der Waals surface area contributed by atoms with Crippen molar-refractivity contribution in [3.63, 3.8) is 0 Å². The van der Waals surface area contributed by atoms with Crippen LogP contribution in [0.3, 0.4) is 0 Å². The van der Waals surface area contributed by atoms with E-state index < -0.39 is 17.5 Å². The van der Waals surface area contributed by atoms with Gasteiger partial charge >= 0.3 is 11.9 Å². The summed E-state index contributed by atoms with van der Waals surface area (Å²) in [7, 11) is 0. The molecule has 0 saturated carbocycles. The van der Waals surface area contributed by atoms with Gasteiger partial charge in [0, 0.05) is 18.4 Å². The van der Waals surface area contributed by atoms with Crippen LogP contribution in [0.25, 0.3) is 0 Å². The molecule has 0 N–H and O–H groups in total. The first-order valence-electron chi connectivity index (χ1n) is 5.45. The third-order valence-corrected chi connectivity index (χ3v) is 2.72. The smallest absolute Gasteiger partial charge is 0.338 e. The summed E-state index contributed by atoms with van der Waals surface area (Å²) in [6, 6.07) is 1.97. The Kier molecular flexibility index (Phi) is 3.89. The van der Waals surface area contributed by atoms with Crippen LogP contribution in [0.4, 0.5) is 0 Å². The lowest BCUT2D eigenvalue weighted by Crippen LogP contribution is -2.32. The first-order chi connectivity index (χ1) is 7.96. The van der Waals surface area contributed by atoms with Crippen LogP contribution in [-0.4, -0.2) is 24.1 Å². The Morgan fingerprint density at radius 3 is 2.76 bits per heavy atom. The van der Waals surface area contributed by atoms with Gasteiger partial charge < -0.3 is 9.47 Å². The minimum absolute atomic E-state index is 0.208. The standard InChI is InChI=1S/C12H15NO4/c1-4-16-11(15)9-8(2)10(14)17-12(9,3)6-5-7-13/h4-6H2,1-3H3. The number of hydrogen-bond donors (Lipinski definition) is 0. The number of carbonyl (C=O) groups excluding carboxylic acids is 2. The van der Waals surface area contributed by atoms with Crippen molar-refractivity contribution in [1.82, 2.24) is 0 Å². The fourth-order valence-corrected chi connectivity index (χ4v) is 1.87. The van der Waals surface area contributed by atoms with Crippen molar-refractivity contribution in [3.8, 4) is 6.07 Å². The molecule has 5 nitrogen and oxygen atoms in total. The van der Waals surface area contributed by atoms with Crippen molar-refractivity contribution in [1.29, 1.82) is 5.26 Å². The van der Waals surface area contributed by atoms with Gasteiger partial charge in [-0.25, -0.2) is 9.59 Å². The number of cyclic esters (lactones) is 1. The molecule has 0 radical (unpaired) electrons. The fourth-order valence-electron chi connectivity index (χ4n) is 1.87. The zero-order valence-corrected chi connectivity index (χ0v) is 10.2. The lowest BCUT2D eigenvalue weighted by Gasteiger charge is -2.24. The number of hydrogen-bond acceptors (Lipinski definition) is 5. The molecule has 5 heteroatoms. The third-order valence-electron chi connectivity index (χ3n) is 2.72. The minimum Gasteiger partial charge on any atom is -0.463 e. The van der Waals surface area contributed by atoms with Gasteiger partial charge in [0.25, 0.3) is 0 Å². The molecule has 1 unspecified atom stereocenters. The first kappa shape index (κ1) is 13.2. The van der Waals surface area contributed by atoms with E-state index in [2.05, 4.69) is 0 Å². The molecule has 0 saturated heterocycles. The Balaban J connectivity index is 3.05. The van der Waals surface area contributed by atoms with Crippen LogP contribution < -0.4 is 0 Å². The van der Waals surface area contributed by atoms with Crippen molar-refractivity contribution in [2.45, 2.75) is 39.2 Å². The summed E-state index contributed by atoms with van der Waals surface area (Å²) in [4.78, 5) is 23.3. The maximum atomic E-state index is 11.8. The molecule has 1 atom stereocenters. The number of nitrogens with zero attached hydrogens (tertiary/aromatic N) is 1. The second kappa shape index (κ2) is 5.00. The Morgan fingerprint density at radius 1 is 1.59 bits per heavy atom. The highest BCUT2D eigenvalue weighted by Gasteiger charge is 2.46. The molecular formula is C12H15NO4. The van der Waals surface area contributed by atoms with Crippen molar-refractivity contribution in [2.24, 2.45) is 0 Å². The van der Waals surface area contributed by atoms with Gasteiger partial charge in [-0.3, -0.25) is 0 Å². The molecular weight excluding hydrogens is 222 g/mol. The molecule has 1 rings (SSSR count). The zero-order chi connectivity index (χ0) is 13.1. The predicted octanol–water partition coefficient (Wildman–Crippen LogP) is 1.49. The molecule has 0 aromatic rings. The van der Waals surface area contributed by atoms with Crippen molar-refractivity contribution in [3.05, 3.63) is 11.1 Å². The average Bonchev–Trinajstić information content (AvgIpc) is 2.48. The number of rotatable bonds is 4. The molecule has 0 aromatic carbocycles. The molecule has 0 fully saturated rings. The van der Waals surface area contributed by atoms with E-state index in [1.54, 1.807) is 13.8 Å². The summed E-state index contributed by atoms with van der Waals surface area (Å²) in [6.45, 7) is 5.09. The number of esters is 2. The lowest BCUT2D eigenvalue weighted by atomic mass is 9.90. The van der Waals surface area contributed by atoms with E-state index in [9.17, 15) is 9.59 Å². The topological polar surface area (TPSA) is 76.4 Å². The normalized spacial score (nSPS) is 23.3. The van der Waals surface area contributed by atoms with E-state index in [1.807, 2.05) is 6.07 Å². The summed E-state index contributed by atoms with van der Waals surface area (Å²) in [5, 5.41) is 8.58. The van der Waals surface area contributed by atoms with Gasteiger partial charge in [-0.05, 0) is 20.8 Å². The highest BCUT2D eigenvalue weighted by atomic mass is 16.6. The summed E-state index contributed by atoms with van der Waals surface area (Å²) in [6.07, 6.45) is 0.501. The predicted molar refractivity (Wildman–Crippen MR) is 58.7 cm³/mol. The molecule has 0 bridgehead atoms. The van der Waals surface area contributed by atoms with Crippen LogP contribution in [0.2, 0.25) is 0 Å². The van der Waals surface area contributed by atoms with E-state index in [0.717, 1.165) is 0 Å². The van der Waals surface area contributed by atoms with Gasteiger partial charge in [-0.1, -0.05) is 0 Å². The molecule has 1 aliphatic heterocycles. The number of nitriles is 1. The molecule has 92 valence electrons. The summed E-state index contributed by atoms with van der Waals surface area (Å²) < 4.78 is 10.1. The van der Waals surface area contributed by atoms with Gasteiger partial charge in [-0.2, -0.15) is 5.26 Å². The molecule has 0 spiro atoms. The highest BCUT2D eigenvalue weighted by Crippen LogP contribution is 2.36. The van der Waals surface area contributed by atoms with Crippen LogP contribution >= 0.6 is 0 Å². The first-order valence-corrected chi connectivity index (χ1v) is 5.45. The second-order valence-electron chi connectivity index (χ2n) is 4.00. The van der Waals surface area contributed by atoms with E-state index in [0.29, 0.717) is 6.42 Å². The van der Waals surface area contributed by atoms with Crippen LogP contribution in [0, 0.1) is 11.3 Å². The molecule has 1 aliphatic rings. The Labute approximate surface area is 100 Å². The highest BCUT2D eigenvalue weighted by molar-refractivity contribution is 6.05. The largest absolute Gasteiger partial charge is 0.463 e.